The fourth-order valence-electron chi connectivity index (χ4n) is 2.63. The lowest BCUT2D eigenvalue weighted by Gasteiger charge is -2.25. The second-order valence-corrected chi connectivity index (χ2v) is 5.20. The Morgan fingerprint density at radius 2 is 1.52 bits per heavy atom. The number of benzene rings is 2. The number of nitro groups is 1. The Morgan fingerprint density at radius 1 is 1.00 bits per heavy atom. The zero-order valence-corrected chi connectivity index (χ0v) is 13.3. The van der Waals surface area contributed by atoms with Gasteiger partial charge in [0, 0.05) is 25.2 Å². The molecule has 0 bridgehead atoms. The van der Waals surface area contributed by atoms with Crippen LogP contribution in [0.25, 0.3) is 0 Å². The first-order valence-corrected chi connectivity index (χ1v) is 7.66. The van der Waals surface area contributed by atoms with Gasteiger partial charge in [-0.3, -0.25) is 14.9 Å². The molecule has 120 valence electrons. The van der Waals surface area contributed by atoms with Gasteiger partial charge in [0.05, 0.1) is 10.8 Å². The van der Waals surface area contributed by atoms with Crippen molar-refractivity contribution in [1.29, 1.82) is 0 Å². The van der Waals surface area contributed by atoms with Gasteiger partial charge in [0.1, 0.15) is 0 Å². The summed E-state index contributed by atoms with van der Waals surface area (Å²) >= 11 is 0. The first-order valence-electron chi connectivity index (χ1n) is 7.66. The summed E-state index contributed by atoms with van der Waals surface area (Å²) in [6, 6.07) is 15.7. The van der Waals surface area contributed by atoms with Crippen molar-refractivity contribution in [3.63, 3.8) is 0 Å². The van der Waals surface area contributed by atoms with E-state index in [0.29, 0.717) is 13.1 Å². The average Bonchev–Trinajstić information content (AvgIpc) is 2.57. The summed E-state index contributed by atoms with van der Waals surface area (Å²) in [4.78, 5) is 25.1. The third-order valence-corrected chi connectivity index (χ3v) is 3.89. The molecule has 0 spiro atoms. The first-order chi connectivity index (χ1) is 11.1. The van der Waals surface area contributed by atoms with E-state index >= 15 is 0 Å². The van der Waals surface area contributed by atoms with E-state index in [0.717, 1.165) is 11.1 Å². The van der Waals surface area contributed by atoms with Gasteiger partial charge in [0.2, 0.25) is 5.91 Å². The van der Waals surface area contributed by atoms with Gasteiger partial charge in [-0.25, -0.2) is 0 Å². The third kappa shape index (κ3) is 3.74. The lowest BCUT2D eigenvalue weighted by atomic mass is 9.90. The van der Waals surface area contributed by atoms with Gasteiger partial charge < -0.3 is 4.90 Å². The number of amides is 1. The number of nitrogens with zero attached hydrogens (tertiary/aromatic N) is 2. The van der Waals surface area contributed by atoms with Gasteiger partial charge in [0.15, 0.2) is 0 Å². The molecule has 0 aliphatic rings. The van der Waals surface area contributed by atoms with Gasteiger partial charge >= 0.3 is 0 Å². The summed E-state index contributed by atoms with van der Waals surface area (Å²) in [7, 11) is 0. The molecule has 23 heavy (non-hydrogen) atoms. The normalized spacial score (nSPS) is 11.7. The van der Waals surface area contributed by atoms with Crippen molar-refractivity contribution in [3.05, 3.63) is 75.8 Å². The summed E-state index contributed by atoms with van der Waals surface area (Å²) in [6.07, 6.45) is 0. The highest BCUT2D eigenvalue weighted by Crippen LogP contribution is 2.28. The smallest absolute Gasteiger partial charge is 0.269 e. The molecule has 5 nitrogen and oxygen atoms in total. The average molecular weight is 312 g/mol. The highest BCUT2D eigenvalue weighted by Gasteiger charge is 2.26. The predicted octanol–water partition coefficient (Wildman–Crippen LogP) is 3.60. The molecule has 0 aromatic heterocycles. The number of non-ortho nitro benzene ring substituents is 1. The van der Waals surface area contributed by atoms with Crippen LogP contribution in [0, 0.1) is 10.1 Å². The Labute approximate surface area is 135 Å². The molecule has 0 radical (unpaired) electrons. The maximum Gasteiger partial charge on any atom is 0.269 e. The van der Waals surface area contributed by atoms with E-state index in [1.54, 1.807) is 17.0 Å². The standard InChI is InChI=1S/C18H20N2O3/c1-3-19(4-2)18(21)17(14-8-6-5-7-9-14)15-10-12-16(13-11-15)20(22)23/h5-13,17H,3-4H2,1-2H3. The van der Waals surface area contributed by atoms with E-state index in [1.807, 2.05) is 44.2 Å². The Balaban J connectivity index is 2.45. The summed E-state index contributed by atoms with van der Waals surface area (Å²) in [5.74, 6) is -0.438. The number of carbonyl (C=O) groups is 1. The number of hydrogen-bond donors (Lipinski definition) is 0. The Bertz CT molecular complexity index is 664. The van der Waals surface area contributed by atoms with E-state index in [4.69, 9.17) is 0 Å². The summed E-state index contributed by atoms with van der Waals surface area (Å²) < 4.78 is 0. The minimum absolute atomic E-state index is 0.00931. The molecule has 0 aliphatic heterocycles. The minimum Gasteiger partial charge on any atom is -0.342 e. The second-order valence-electron chi connectivity index (χ2n) is 5.20. The molecule has 0 saturated heterocycles. The lowest BCUT2D eigenvalue weighted by Crippen LogP contribution is -2.35. The molecular formula is C18H20N2O3. The Hall–Kier alpha value is -2.69. The predicted molar refractivity (Wildman–Crippen MR) is 89.3 cm³/mol. The van der Waals surface area contributed by atoms with Crippen LogP contribution in [-0.2, 0) is 4.79 Å². The summed E-state index contributed by atoms with van der Waals surface area (Å²) in [5, 5.41) is 10.8. The molecule has 1 unspecified atom stereocenters. The third-order valence-electron chi connectivity index (χ3n) is 3.89. The highest BCUT2D eigenvalue weighted by atomic mass is 16.6. The monoisotopic (exact) mass is 312 g/mol. The molecule has 5 heteroatoms. The van der Waals surface area contributed by atoms with E-state index in [1.165, 1.54) is 12.1 Å². The summed E-state index contributed by atoms with van der Waals surface area (Å²) in [5.41, 5.74) is 1.67. The molecular weight excluding hydrogens is 292 g/mol. The zero-order valence-electron chi connectivity index (χ0n) is 13.3. The van der Waals surface area contributed by atoms with Crippen LogP contribution in [0.4, 0.5) is 5.69 Å². The van der Waals surface area contributed by atoms with Crippen molar-refractivity contribution in [3.8, 4) is 0 Å². The number of likely N-dealkylation sites (N-methyl/N-ethyl adjacent to an activating group) is 1. The topological polar surface area (TPSA) is 63.5 Å². The first kappa shape index (κ1) is 16.7. The second kappa shape index (κ2) is 7.54. The van der Waals surface area contributed by atoms with Crippen LogP contribution >= 0.6 is 0 Å². The van der Waals surface area contributed by atoms with Gasteiger partial charge in [0.25, 0.3) is 5.69 Å². The van der Waals surface area contributed by atoms with Gasteiger partial charge in [-0.1, -0.05) is 42.5 Å². The van der Waals surface area contributed by atoms with Crippen molar-refractivity contribution in [2.75, 3.05) is 13.1 Å². The molecule has 0 aliphatic carbocycles. The van der Waals surface area contributed by atoms with Crippen LogP contribution < -0.4 is 0 Å². The molecule has 0 N–H and O–H groups in total. The van der Waals surface area contributed by atoms with Crippen LogP contribution in [0.15, 0.2) is 54.6 Å². The Kier molecular flexibility index (Phi) is 5.46. The highest BCUT2D eigenvalue weighted by molar-refractivity contribution is 5.87. The SMILES string of the molecule is CCN(CC)C(=O)C(c1ccccc1)c1ccc([N+](=O)[O-])cc1. The molecule has 0 heterocycles. The largest absolute Gasteiger partial charge is 0.342 e. The fourth-order valence-corrected chi connectivity index (χ4v) is 2.63. The molecule has 2 aromatic rings. The van der Waals surface area contributed by atoms with Crippen molar-refractivity contribution in [2.24, 2.45) is 0 Å². The van der Waals surface area contributed by atoms with Crippen LogP contribution in [-0.4, -0.2) is 28.8 Å². The van der Waals surface area contributed by atoms with Crippen molar-refractivity contribution in [2.45, 2.75) is 19.8 Å². The van der Waals surface area contributed by atoms with E-state index in [2.05, 4.69) is 0 Å². The van der Waals surface area contributed by atoms with Crippen molar-refractivity contribution < 1.29 is 9.72 Å². The Morgan fingerprint density at radius 3 is 2.00 bits per heavy atom. The number of carbonyl (C=O) groups excluding carboxylic acids is 1. The van der Waals surface area contributed by atoms with E-state index in [-0.39, 0.29) is 11.6 Å². The van der Waals surface area contributed by atoms with E-state index in [9.17, 15) is 14.9 Å². The molecule has 0 fully saturated rings. The molecule has 1 amide bonds. The minimum atomic E-state index is -0.447. The molecule has 1 atom stereocenters. The molecule has 2 rings (SSSR count). The van der Waals surface area contributed by atoms with Crippen LogP contribution in [0.5, 0.6) is 0 Å². The maximum atomic E-state index is 12.9. The molecule has 0 saturated carbocycles. The number of nitro benzene ring substituents is 1. The van der Waals surface area contributed by atoms with Crippen LogP contribution in [0.3, 0.4) is 0 Å². The fraction of sp³-hybridized carbons (Fsp3) is 0.278. The number of rotatable bonds is 6. The summed E-state index contributed by atoms with van der Waals surface area (Å²) in [6.45, 7) is 5.15. The lowest BCUT2D eigenvalue weighted by molar-refractivity contribution is -0.384. The van der Waals surface area contributed by atoms with Crippen molar-refractivity contribution in [1.82, 2.24) is 4.90 Å². The molecule has 2 aromatic carbocycles. The van der Waals surface area contributed by atoms with Crippen molar-refractivity contribution >= 4 is 11.6 Å². The van der Waals surface area contributed by atoms with Gasteiger partial charge in [-0.2, -0.15) is 0 Å². The number of hydrogen-bond acceptors (Lipinski definition) is 3. The van der Waals surface area contributed by atoms with Gasteiger partial charge in [-0.05, 0) is 25.0 Å². The maximum absolute atomic E-state index is 12.9. The quantitative estimate of drug-likeness (QED) is 0.605. The zero-order chi connectivity index (χ0) is 16.8. The van der Waals surface area contributed by atoms with Crippen LogP contribution in [0.1, 0.15) is 30.9 Å². The van der Waals surface area contributed by atoms with Gasteiger partial charge in [-0.15, -0.1) is 0 Å². The van der Waals surface area contributed by atoms with Crippen LogP contribution in [0.2, 0.25) is 0 Å². The van der Waals surface area contributed by atoms with E-state index < -0.39 is 10.8 Å².